The van der Waals surface area contributed by atoms with Crippen LogP contribution >= 0.6 is 0 Å². The molecule has 0 saturated heterocycles. The van der Waals surface area contributed by atoms with E-state index in [1.54, 1.807) is 45.9 Å². The van der Waals surface area contributed by atoms with Crippen molar-refractivity contribution in [3.63, 3.8) is 0 Å². The quantitative estimate of drug-likeness (QED) is 0.868. The molecule has 2 rings (SSSR count). The van der Waals surface area contributed by atoms with Crippen molar-refractivity contribution in [2.75, 3.05) is 18.4 Å². The standard InChI is InChI=1S/C17H22N2O4S/c1-5-19(6-2)24(21,22)15-9-7-14(8-10-15)18-17(20)16-11-12(3)23-13(16)4/h7-11H,5-6H2,1-4H3,(H,18,20). The molecule has 7 heteroatoms. The van der Waals surface area contributed by atoms with Crippen molar-refractivity contribution in [2.45, 2.75) is 32.6 Å². The number of sulfonamides is 1. The Kier molecular flexibility index (Phi) is 5.46. The molecule has 0 radical (unpaired) electrons. The molecule has 0 aliphatic rings. The summed E-state index contributed by atoms with van der Waals surface area (Å²) in [4.78, 5) is 12.4. The van der Waals surface area contributed by atoms with Gasteiger partial charge >= 0.3 is 0 Å². The van der Waals surface area contributed by atoms with E-state index in [0.717, 1.165) is 0 Å². The number of carbonyl (C=O) groups is 1. The Morgan fingerprint density at radius 2 is 1.71 bits per heavy atom. The first-order valence-electron chi connectivity index (χ1n) is 7.78. The van der Waals surface area contributed by atoms with E-state index in [0.29, 0.717) is 35.9 Å². The lowest BCUT2D eigenvalue weighted by atomic mass is 10.2. The van der Waals surface area contributed by atoms with Gasteiger partial charge in [-0.15, -0.1) is 0 Å². The number of amides is 1. The Morgan fingerprint density at radius 1 is 1.12 bits per heavy atom. The number of rotatable bonds is 6. The van der Waals surface area contributed by atoms with E-state index in [9.17, 15) is 13.2 Å². The minimum absolute atomic E-state index is 0.208. The molecule has 1 aromatic carbocycles. The summed E-state index contributed by atoms with van der Waals surface area (Å²) in [6.07, 6.45) is 0. The lowest BCUT2D eigenvalue weighted by molar-refractivity contribution is 0.102. The van der Waals surface area contributed by atoms with Gasteiger partial charge in [0.05, 0.1) is 10.5 Å². The molecule has 24 heavy (non-hydrogen) atoms. The van der Waals surface area contributed by atoms with Crippen molar-refractivity contribution in [1.82, 2.24) is 4.31 Å². The number of nitrogens with zero attached hydrogens (tertiary/aromatic N) is 1. The minimum Gasteiger partial charge on any atom is -0.466 e. The fourth-order valence-corrected chi connectivity index (χ4v) is 3.94. The molecule has 0 unspecified atom stereocenters. The van der Waals surface area contributed by atoms with Crippen LogP contribution in [-0.2, 0) is 10.0 Å². The lowest BCUT2D eigenvalue weighted by Gasteiger charge is -2.18. The molecule has 1 amide bonds. The molecule has 0 spiro atoms. The van der Waals surface area contributed by atoms with Crippen molar-refractivity contribution in [2.24, 2.45) is 0 Å². The monoisotopic (exact) mass is 350 g/mol. The highest BCUT2D eigenvalue weighted by Gasteiger charge is 2.21. The second-order valence-corrected chi connectivity index (χ2v) is 7.33. The number of nitrogens with one attached hydrogen (secondary N) is 1. The van der Waals surface area contributed by atoms with Crippen LogP contribution in [0.5, 0.6) is 0 Å². The molecule has 1 aromatic heterocycles. The summed E-state index contributed by atoms with van der Waals surface area (Å²) in [5, 5.41) is 2.74. The first kappa shape index (κ1) is 18.2. The Balaban J connectivity index is 2.18. The second kappa shape index (κ2) is 7.19. The number of hydrogen-bond donors (Lipinski definition) is 1. The van der Waals surface area contributed by atoms with E-state index in [2.05, 4.69) is 5.32 Å². The van der Waals surface area contributed by atoms with Gasteiger partial charge in [-0.2, -0.15) is 4.31 Å². The summed E-state index contributed by atoms with van der Waals surface area (Å²) in [6, 6.07) is 7.82. The first-order chi connectivity index (χ1) is 11.3. The predicted octanol–water partition coefficient (Wildman–Crippen LogP) is 3.18. The fourth-order valence-electron chi connectivity index (χ4n) is 2.48. The van der Waals surface area contributed by atoms with E-state index in [1.807, 2.05) is 0 Å². The van der Waals surface area contributed by atoms with E-state index in [4.69, 9.17) is 4.42 Å². The third kappa shape index (κ3) is 3.68. The number of anilines is 1. The minimum atomic E-state index is -3.50. The number of benzene rings is 1. The van der Waals surface area contributed by atoms with Crippen LogP contribution in [0.4, 0.5) is 5.69 Å². The summed E-state index contributed by atoms with van der Waals surface area (Å²) in [5.74, 6) is 0.924. The van der Waals surface area contributed by atoms with Crippen LogP contribution in [0.25, 0.3) is 0 Å². The second-order valence-electron chi connectivity index (χ2n) is 5.39. The van der Waals surface area contributed by atoms with Gasteiger partial charge in [-0.05, 0) is 44.2 Å². The van der Waals surface area contributed by atoms with Gasteiger partial charge in [0.1, 0.15) is 11.5 Å². The van der Waals surface area contributed by atoms with Crippen LogP contribution in [0.1, 0.15) is 35.7 Å². The highest BCUT2D eigenvalue weighted by atomic mass is 32.2. The van der Waals surface area contributed by atoms with Crippen LogP contribution in [0, 0.1) is 13.8 Å². The zero-order chi connectivity index (χ0) is 17.9. The van der Waals surface area contributed by atoms with Crippen molar-refractivity contribution in [1.29, 1.82) is 0 Å². The topological polar surface area (TPSA) is 79.6 Å². The molecule has 0 aliphatic heterocycles. The Bertz CT molecular complexity index is 819. The Hall–Kier alpha value is -2.12. The maximum absolute atomic E-state index is 12.4. The van der Waals surface area contributed by atoms with Gasteiger partial charge in [-0.1, -0.05) is 13.8 Å². The third-order valence-electron chi connectivity index (χ3n) is 3.74. The van der Waals surface area contributed by atoms with Gasteiger partial charge in [-0.3, -0.25) is 4.79 Å². The summed E-state index contributed by atoms with van der Waals surface area (Å²) in [5.41, 5.74) is 0.990. The van der Waals surface area contributed by atoms with Gasteiger partial charge in [-0.25, -0.2) is 8.42 Å². The Labute approximate surface area is 142 Å². The van der Waals surface area contributed by atoms with Crippen LogP contribution in [0.2, 0.25) is 0 Å². The summed E-state index contributed by atoms with van der Waals surface area (Å²) in [7, 11) is -3.50. The summed E-state index contributed by atoms with van der Waals surface area (Å²) in [6.45, 7) is 7.92. The molecule has 0 atom stereocenters. The third-order valence-corrected chi connectivity index (χ3v) is 5.81. The molecule has 1 heterocycles. The van der Waals surface area contributed by atoms with Gasteiger partial charge in [0, 0.05) is 18.8 Å². The van der Waals surface area contributed by atoms with E-state index >= 15 is 0 Å². The lowest BCUT2D eigenvalue weighted by Crippen LogP contribution is -2.30. The SMILES string of the molecule is CCN(CC)S(=O)(=O)c1ccc(NC(=O)c2cc(C)oc2C)cc1. The summed E-state index contributed by atoms with van der Waals surface area (Å²) >= 11 is 0. The summed E-state index contributed by atoms with van der Waals surface area (Å²) < 4.78 is 31.6. The van der Waals surface area contributed by atoms with Gasteiger partial charge < -0.3 is 9.73 Å². The van der Waals surface area contributed by atoms with Crippen molar-refractivity contribution < 1.29 is 17.6 Å². The number of aryl methyl sites for hydroxylation is 2. The van der Waals surface area contributed by atoms with E-state index in [-0.39, 0.29) is 10.8 Å². The average Bonchev–Trinajstić information content (AvgIpc) is 2.87. The molecule has 1 N–H and O–H groups in total. The largest absolute Gasteiger partial charge is 0.466 e. The van der Waals surface area contributed by atoms with Gasteiger partial charge in [0.15, 0.2) is 0 Å². The molecule has 0 fully saturated rings. The fraction of sp³-hybridized carbons (Fsp3) is 0.353. The van der Waals surface area contributed by atoms with Gasteiger partial charge in [0.2, 0.25) is 10.0 Å². The maximum atomic E-state index is 12.4. The highest BCUT2D eigenvalue weighted by molar-refractivity contribution is 7.89. The van der Waals surface area contributed by atoms with Crippen molar-refractivity contribution in [3.05, 3.63) is 47.4 Å². The molecule has 0 aliphatic carbocycles. The van der Waals surface area contributed by atoms with Crippen molar-refractivity contribution >= 4 is 21.6 Å². The first-order valence-corrected chi connectivity index (χ1v) is 9.22. The molecule has 0 bridgehead atoms. The number of hydrogen-bond acceptors (Lipinski definition) is 4. The van der Waals surface area contributed by atoms with Crippen LogP contribution < -0.4 is 5.32 Å². The highest BCUT2D eigenvalue weighted by Crippen LogP contribution is 2.20. The van der Waals surface area contributed by atoms with Crippen LogP contribution in [0.15, 0.2) is 39.6 Å². The predicted molar refractivity (Wildman–Crippen MR) is 92.7 cm³/mol. The molecule has 130 valence electrons. The van der Waals surface area contributed by atoms with E-state index in [1.165, 1.54) is 16.4 Å². The van der Waals surface area contributed by atoms with Crippen LogP contribution in [-0.4, -0.2) is 31.7 Å². The number of carbonyl (C=O) groups excluding carboxylic acids is 1. The molecule has 0 saturated carbocycles. The van der Waals surface area contributed by atoms with Gasteiger partial charge in [0.25, 0.3) is 5.91 Å². The normalized spacial score (nSPS) is 11.7. The smallest absolute Gasteiger partial charge is 0.259 e. The molecular formula is C17H22N2O4S. The Morgan fingerprint density at radius 3 is 2.17 bits per heavy atom. The zero-order valence-electron chi connectivity index (χ0n) is 14.3. The number of furan rings is 1. The van der Waals surface area contributed by atoms with E-state index < -0.39 is 10.0 Å². The molecular weight excluding hydrogens is 328 g/mol. The molecule has 2 aromatic rings. The van der Waals surface area contributed by atoms with Crippen molar-refractivity contribution in [3.8, 4) is 0 Å². The maximum Gasteiger partial charge on any atom is 0.259 e. The van der Waals surface area contributed by atoms with Crippen LogP contribution in [0.3, 0.4) is 0 Å². The molecule has 6 nitrogen and oxygen atoms in total. The average molecular weight is 350 g/mol. The zero-order valence-corrected chi connectivity index (χ0v) is 15.1.